The molecule has 0 bridgehead atoms. The van der Waals surface area contributed by atoms with Gasteiger partial charge in [-0.2, -0.15) is 13.2 Å². The van der Waals surface area contributed by atoms with Crippen LogP contribution in [0.15, 0.2) is 29.2 Å². The van der Waals surface area contributed by atoms with Gasteiger partial charge in [0.2, 0.25) is 0 Å². The Balaban J connectivity index is 2.61. The predicted molar refractivity (Wildman–Crippen MR) is 45.2 cm³/mol. The highest BCUT2D eigenvalue weighted by atomic mass is 32.2. The predicted octanol–water partition coefficient (Wildman–Crippen LogP) is 1.87. The van der Waals surface area contributed by atoms with Crippen molar-refractivity contribution in [2.75, 3.05) is 6.61 Å². The maximum absolute atomic E-state index is 11.7. The first-order valence-electron chi connectivity index (χ1n) is 3.77. The van der Waals surface area contributed by atoms with Gasteiger partial charge in [-0.15, -0.1) is 0 Å². The van der Waals surface area contributed by atoms with Gasteiger partial charge in [0.25, 0.3) is 0 Å². The zero-order chi connectivity index (χ0) is 11.5. The van der Waals surface area contributed by atoms with Crippen LogP contribution in [0, 0.1) is 0 Å². The maximum Gasteiger partial charge on any atom is 0.422 e. The lowest BCUT2D eigenvalue weighted by Gasteiger charge is -2.10. The Labute approximate surface area is 86.1 Å². The van der Waals surface area contributed by atoms with E-state index in [4.69, 9.17) is 0 Å². The van der Waals surface area contributed by atoms with E-state index in [-0.39, 0.29) is 10.6 Å². The van der Waals surface area contributed by atoms with Gasteiger partial charge >= 0.3 is 6.18 Å². The molecule has 1 aromatic rings. The first kappa shape index (κ1) is 12.0. The van der Waals surface area contributed by atoms with Crippen molar-refractivity contribution in [3.8, 4) is 5.75 Å². The van der Waals surface area contributed by atoms with Crippen LogP contribution in [-0.4, -0.2) is 21.5 Å². The summed E-state index contributed by atoms with van der Waals surface area (Å²) in [7, 11) is 0. The Hall–Kier alpha value is -1.08. The van der Waals surface area contributed by atoms with Gasteiger partial charge in [0.05, 0.1) is 0 Å². The number of alkyl halides is 3. The van der Waals surface area contributed by atoms with E-state index in [1.165, 1.54) is 0 Å². The van der Waals surface area contributed by atoms with Crippen LogP contribution in [0.5, 0.6) is 5.75 Å². The van der Waals surface area contributed by atoms with Gasteiger partial charge < -0.3 is 9.29 Å². The Bertz CT molecular complexity index is 347. The van der Waals surface area contributed by atoms with Gasteiger partial charge in [0.1, 0.15) is 5.75 Å². The van der Waals surface area contributed by atoms with Crippen LogP contribution >= 0.6 is 0 Å². The number of rotatable bonds is 3. The third-order valence-corrected chi connectivity index (χ3v) is 2.08. The number of benzene rings is 1. The minimum atomic E-state index is -4.40. The molecule has 0 amide bonds. The molecule has 0 spiro atoms. The normalized spacial score (nSPS) is 13.6. The first-order chi connectivity index (χ1) is 6.88. The molecule has 0 aliphatic carbocycles. The van der Waals surface area contributed by atoms with E-state index in [1.807, 2.05) is 0 Å². The SMILES string of the molecule is O=S([O-])c1ccc(OCC(F)(F)F)cc1. The van der Waals surface area contributed by atoms with E-state index in [2.05, 4.69) is 4.74 Å². The summed E-state index contributed by atoms with van der Waals surface area (Å²) in [6, 6.07) is 4.65. The molecular weight excluding hydrogens is 233 g/mol. The van der Waals surface area contributed by atoms with E-state index in [0.717, 1.165) is 24.3 Å². The molecule has 0 radical (unpaired) electrons. The molecule has 0 saturated heterocycles. The summed E-state index contributed by atoms with van der Waals surface area (Å²) in [6.07, 6.45) is -4.40. The Kier molecular flexibility index (Phi) is 3.70. The number of hydrogen-bond acceptors (Lipinski definition) is 3. The lowest BCUT2D eigenvalue weighted by atomic mass is 10.3. The first-order valence-corrected chi connectivity index (χ1v) is 4.85. The van der Waals surface area contributed by atoms with Crippen LogP contribution in [-0.2, 0) is 11.1 Å². The monoisotopic (exact) mass is 239 g/mol. The topological polar surface area (TPSA) is 49.4 Å². The van der Waals surface area contributed by atoms with Crippen molar-refractivity contribution in [2.24, 2.45) is 0 Å². The number of halogens is 3. The molecule has 7 heteroatoms. The summed E-state index contributed by atoms with van der Waals surface area (Å²) in [5, 5.41) is 0. The van der Waals surface area contributed by atoms with E-state index in [1.54, 1.807) is 0 Å². The molecule has 1 aromatic carbocycles. The van der Waals surface area contributed by atoms with Crippen molar-refractivity contribution in [3.63, 3.8) is 0 Å². The zero-order valence-corrected chi connectivity index (χ0v) is 8.10. The van der Waals surface area contributed by atoms with Crippen LogP contribution < -0.4 is 4.74 Å². The molecule has 84 valence electrons. The number of hydrogen-bond donors (Lipinski definition) is 0. The molecule has 3 nitrogen and oxygen atoms in total. The summed E-state index contributed by atoms with van der Waals surface area (Å²) in [5.74, 6) is -0.0264. The summed E-state index contributed by atoms with van der Waals surface area (Å²) in [6.45, 7) is -1.40. The molecule has 1 atom stereocenters. The zero-order valence-electron chi connectivity index (χ0n) is 7.28. The Morgan fingerprint density at radius 2 is 1.80 bits per heavy atom. The molecule has 0 saturated carbocycles. The van der Waals surface area contributed by atoms with Crippen molar-refractivity contribution < 1.29 is 26.7 Å². The van der Waals surface area contributed by atoms with Crippen LogP contribution in [0.1, 0.15) is 0 Å². The van der Waals surface area contributed by atoms with Crippen LogP contribution in [0.3, 0.4) is 0 Å². The highest BCUT2D eigenvalue weighted by Crippen LogP contribution is 2.19. The maximum atomic E-state index is 11.7. The summed E-state index contributed by atoms with van der Waals surface area (Å²) in [4.78, 5) is -0.00522. The molecule has 15 heavy (non-hydrogen) atoms. The van der Waals surface area contributed by atoms with Gasteiger partial charge in [-0.05, 0) is 35.3 Å². The smallest absolute Gasteiger partial charge is 0.422 e. The average Bonchev–Trinajstić information content (AvgIpc) is 2.14. The molecule has 0 heterocycles. The molecule has 1 unspecified atom stereocenters. The van der Waals surface area contributed by atoms with Crippen molar-refractivity contribution in [2.45, 2.75) is 11.1 Å². The standard InChI is InChI=1S/C8H7F3O3S/c9-8(10,11)5-14-6-1-3-7(4-2-6)15(12)13/h1-4H,5H2,(H,12,13)/p-1. The summed E-state index contributed by atoms with van der Waals surface area (Å²) in [5.41, 5.74) is 0. The van der Waals surface area contributed by atoms with Gasteiger partial charge in [-0.25, -0.2) is 0 Å². The molecule has 0 N–H and O–H groups in total. The lowest BCUT2D eigenvalue weighted by Crippen LogP contribution is -2.19. The average molecular weight is 239 g/mol. The van der Waals surface area contributed by atoms with Crippen LogP contribution in [0.25, 0.3) is 0 Å². The van der Waals surface area contributed by atoms with E-state index >= 15 is 0 Å². The summed E-state index contributed by atoms with van der Waals surface area (Å²) >= 11 is -2.39. The molecule has 0 fully saturated rings. The highest BCUT2D eigenvalue weighted by molar-refractivity contribution is 7.79. The second-order valence-corrected chi connectivity index (χ2v) is 3.55. The van der Waals surface area contributed by atoms with Gasteiger partial charge in [0, 0.05) is 4.90 Å². The molecule has 0 aliphatic rings. The minimum absolute atomic E-state index is 0.00522. The van der Waals surface area contributed by atoms with Crippen LogP contribution in [0.4, 0.5) is 13.2 Å². The quantitative estimate of drug-likeness (QED) is 0.756. The third kappa shape index (κ3) is 4.30. The Morgan fingerprint density at radius 3 is 2.20 bits per heavy atom. The van der Waals surface area contributed by atoms with Crippen molar-refractivity contribution in [3.05, 3.63) is 24.3 Å². The van der Waals surface area contributed by atoms with E-state index in [9.17, 15) is 21.9 Å². The fourth-order valence-corrected chi connectivity index (χ4v) is 1.17. The molecule has 0 aliphatic heterocycles. The second-order valence-electron chi connectivity index (χ2n) is 2.61. The van der Waals surface area contributed by atoms with Crippen molar-refractivity contribution in [1.29, 1.82) is 0 Å². The van der Waals surface area contributed by atoms with Crippen LogP contribution in [0.2, 0.25) is 0 Å². The van der Waals surface area contributed by atoms with Crippen molar-refractivity contribution >= 4 is 11.1 Å². The fourth-order valence-electron chi connectivity index (χ4n) is 0.812. The Morgan fingerprint density at radius 1 is 1.27 bits per heavy atom. The third-order valence-electron chi connectivity index (χ3n) is 1.42. The van der Waals surface area contributed by atoms with Gasteiger partial charge in [-0.3, -0.25) is 4.21 Å². The summed E-state index contributed by atoms with van der Waals surface area (Å²) < 4.78 is 60.4. The molecule has 0 aromatic heterocycles. The van der Waals surface area contributed by atoms with Gasteiger partial charge in [-0.1, -0.05) is 0 Å². The lowest BCUT2D eigenvalue weighted by molar-refractivity contribution is -0.153. The fraction of sp³-hybridized carbons (Fsp3) is 0.250. The van der Waals surface area contributed by atoms with Gasteiger partial charge in [0.15, 0.2) is 6.61 Å². The molecular formula is C8H6F3O3S-. The molecule has 1 rings (SSSR count). The highest BCUT2D eigenvalue weighted by Gasteiger charge is 2.28. The second kappa shape index (κ2) is 4.63. The van der Waals surface area contributed by atoms with E-state index in [0.29, 0.717) is 0 Å². The largest absolute Gasteiger partial charge is 0.768 e. The van der Waals surface area contributed by atoms with Crippen molar-refractivity contribution in [1.82, 2.24) is 0 Å². The number of ether oxygens (including phenoxy) is 1. The minimum Gasteiger partial charge on any atom is -0.768 e. The van der Waals surface area contributed by atoms with E-state index < -0.39 is 23.9 Å².